The molecule has 2 heterocycles. The van der Waals surface area contributed by atoms with Crippen LogP contribution in [0.25, 0.3) is 22.3 Å². The predicted molar refractivity (Wildman–Crippen MR) is 115 cm³/mol. The van der Waals surface area contributed by atoms with Gasteiger partial charge in [0.1, 0.15) is 16.8 Å². The number of fused-ring (bicyclic) bond motifs is 1. The highest BCUT2D eigenvalue weighted by atomic mass is 35.5. The summed E-state index contributed by atoms with van der Waals surface area (Å²) in [5.74, 6) is 0.488. The van der Waals surface area contributed by atoms with Crippen molar-refractivity contribution in [1.82, 2.24) is 9.97 Å². The molecule has 30 heavy (non-hydrogen) atoms. The Morgan fingerprint density at radius 1 is 1.13 bits per heavy atom. The van der Waals surface area contributed by atoms with Crippen LogP contribution in [0.1, 0.15) is 22.8 Å². The molecule has 152 valence electrons. The van der Waals surface area contributed by atoms with Gasteiger partial charge in [0.25, 0.3) is 0 Å². The molecule has 4 rings (SSSR count). The molecule has 2 aromatic carbocycles. The summed E-state index contributed by atoms with van der Waals surface area (Å²) in [7, 11) is 1.65. The van der Waals surface area contributed by atoms with Crippen LogP contribution in [0.5, 0.6) is 5.75 Å². The first-order valence-electron chi connectivity index (χ1n) is 9.56. The maximum Gasteiger partial charge on any atom is 0.338 e. The summed E-state index contributed by atoms with van der Waals surface area (Å²) in [6.45, 7) is 2.77. The highest BCUT2D eigenvalue weighted by molar-refractivity contribution is 6.33. The van der Waals surface area contributed by atoms with E-state index >= 15 is 0 Å². The molecule has 0 atom stereocenters. The lowest BCUT2D eigenvalue weighted by molar-refractivity contribution is -0.667. The summed E-state index contributed by atoms with van der Waals surface area (Å²) >= 11 is 6.35. The molecule has 1 N–H and O–H groups in total. The maximum atomic E-state index is 11.9. The van der Waals surface area contributed by atoms with E-state index in [0.29, 0.717) is 23.9 Å². The fourth-order valence-electron chi connectivity index (χ4n) is 3.28. The van der Waals surface area contributed by atoms with Crippen LogP contribution in [0.4, 0.5) is 0 Å². The molecule has 0 fully saturated rings. The van der Waals surface area contributed by atoms with Gasteiger partial charge >= 0.3 is 5.97 Å². The van der Waals surface area contributed by atoms with Crippen LogP contribution in [0.2, 0.25) is 5.15 Å². The van der Waals surface area contributed by atoms with E-state index in [-0.39, 0.29) is 5.97 Å². The van der Waals surface area contributed by atoms with Crippen molar-refractivity contribution in [3.8, 4) is 17.0 Å². The van der Waals surface area contributed by atoms with Gasteiger partial charge in [-0.1, -0.05) is 29.2 Å². The number of benzene rings is 2. The van der Waals surface area contributed by atoms with Crippen molar-refractivity contribution in [2.24, 2.45) is 0 Å². The van der Waals surface area contributed by atoms with Crippen LogP contribution in [-0.2, 0) is 11.3 Å². The molecule has 0 aliphatic rings. The number of hydrogen-bond acceptors (Lipinski definition) is 4. The van der Waals surface area contributed by atoms with Crippen LogP contribution < -0.4 is 9.30 Å². The predicted octanol–water partition coefficient (Wildman–Crippen LogP) is 4.40. The highest BCUT2D eigenvalue weighted by Crippen LogP contribution is 2.26. The Bertz CT molecular complexity index is 1190. The van der Waals surface area contributed by atoms with Crippen molar-refractivity contribution in [3.63, 3.8) is 0 Å². The quantitative estimate of drug-likeness (QED) is 0.284. The largest absolute Gasteiger partial charge is 0.497 e. The number of aromatic nitrogens is 3. The Kier molecular flexibility index (Phi) is 5.68. The van der Waals surface area contributed by atoms with Crippen LogP contribution >= 0.6 is 11.6 Å². The molecule has 0 spiro atoms. The van der Waals surface area contributed by atoms with Gasteiger partial charge in [0, 0.05) is 5.56 Å². The standard InChI is InChI=1S/C23H20ClN3O3/c1-3-30-23(28)17-8-6-16(7-9-17)20-12-19-21(24)25-14-27(22(19)26-20)13-15-4-10-18(29-2)11-5-15/h4-12,14H,3,13H2,1-2H3/p+1. The molecule has 0 aliphatic carbocycles. The smallest absolute Gasteiger partial charge is 0.338 e. The fraction of sp³-hybridized carbons (Fsp3) is 0.174. The van der Waals surface area contributed by atoms with Crippen molar-refractivity contribution in [1.29, 1.82) is 0 Å². The van der Waals surface area contributed by atoms with Crippen LogP contribution in [-0.4, -0.2) is 29.7 Å². The van der Waals surface area contributed by atoms with Crippen LogP contribution in [0, 0.1) is 0 Å². The number of nitrogens with zero attached hydrogens (tertiary/aromatic N) is 2. The molecular formula is C23H21ClN3O3+. The second kappa shape index (κ2) is 8.55. The number of hydrogen-bond donors (Lipinski definition) is 1. The van der Waals surface area contributed by atoms with Gasteiger partial charge in [0.05, 0.1) is 25.8 Å². The molecule has 0 saturated heterocycles. The molecule has 4 aromatic rings. The average Bonchev–Trinajstić information content (AvgIpc) is 3.23. The van der Waals surface area contributed by atoms with Gasteiger partial charge in [0.15, 0.2) is 0 Å². The Labute approximate surface area is 179 Å². The lowest BCUT2D eigenvalue weighted by atomic mass is 10.1. The van der Waals surface area contributed by atoms with Crippen molar-refractivity contribution in [2.45, 2.75) is 13.5 Å². The third-order valence-electron chi connectivity index (χ3n) is 4.84. The van der Waals surface area contributed by atoms with E-state index in [1.807, 2.05) is 47.0 Å². The van der Waals surface area contributed by atoms with Crippen molar-refractivity contribution < 1.29 is 18.8 Å². The minimum absolute atomic E-state index is 0.328. The highest BCUT2D eigenvalue weighted by Gasteiger charge is 2.18. The first-order valence-corrected chi connectivity index (χ1v) is 9.94. The van der Waals surface area contributed by atoms with Gasteiger partial charge in [-0.15, -0.1) is 0 Å². The number of methoxy groups -OCH3 is 1. The average molecular weight is 423 g/mol. The lowest BCUT2D eigenvalue weighted by Gasteiger charge is -2.04. The van der Waals surface area contributed by atoms with Gasteiger partial charge in [-0.05, 0) is 54.4 Å². The minimum atomic E-state index is -0.328. The van der Waals surface area contributed by atoms with E-state index in [9.17, 15) is 4.79 Å². The van der Waals surface area contributed by atoms with E-state index in [2.05, 4.69) is 9.97 Å². The monoisotopic (exact) mass is 422 g/mol. The molecule has 0 saturated carbocycles. The zero-order chi connectivity index (χ0) is 21.1. The van der Waals surface area contributed by atoms with Crippen molar-refractivity contribution in [3.05, 3.63) is 77.2 Å². The van der Waals surface area contributed by atoms with Crippen molar-refractivity contribution in [2.75, 3.05) is 13.7 Å². The maximum absolute atomic E-state index is 11.9. The number of carbonyl (C=O) groups is 1. The number of esters is 1. The summed E-state index contributed by atoms with van der Waals surface area (Å²) in [5, 5.41) is 1.26. The number of nitrogens with one attached hydrogen (secondary N) is 1. The third-order valence-corrected chi connectivity index (χ3v) is 5.14. The minimum Gasteiger partial charge on any atom is -0.497 e. The fourth-order valence-corrected chi connectivity index (χ4v) is 3.47. The molecule has 7 heteroatoms. The lowest BCUT2D eigenvalue weighted by Crippen LogP contribution is -2.35. The normalized spacial score (nSPS) is 10.9. The van der Waals surface area contributed by atoms with Gasteiger partial charge in [-0.2, -0.15) is 0 Å². The molecular weight excluding hydrogens is 402 g/mol. The number of aromatic amines is 1. The Morgan fingerprint density at radius 3 is 2.53 bits per heavy atom. The summed E-state index contributed by atoms with van der Waals surface area (Å²) in [5.41, 5.74) is 4.33. The number of H-pyrrole nitrogens is 1. The van der Waals surface area contributed by atoms with Gasteiger partial charge < -0.3 is 9.47 Å². The molecule has 6 nitrogen and oxygen atoms in total. The van der Waals surface area contributed by atoms with Crippen LogP contribution in [0.3, 0.4) is 0 Å². The molecule has 0 amide bonds. The number of rotatable bonds is 6. The topological polar surface area (TPSA) is 68.1 Å². The zero-order valence-electron chi connectivity index (χ0n) is 16.7. The van der Waals surface area contributed by atoms with E-state index in [0.717, 1.165) is 33.6 Å². The Hall–Kier alpha value is -3.38. The first-order chi connectivity index (χ1) is 14.6. The molecule has 0 aliphatic heterocycles. The van der Waals surface area contributed by atoms with Gasteiger partial charge in [-0.3, -0.25) is 4.98 Å². The third kappa shape index (κ3) is 4.00. The summed E-state index contributed by atoms with van der Waals surface area (Å²) in [6, 6.07) is 17.1. The Morgan fingerprint density at radius 2 is 1.87 bits per heavy atom. The zero-order valence-corrected chi connectivity index (χ0v) is 17.4. The Balaban J connectivity index is 1.67. The molecule has 0 radical (unpaired) electrons. The molecule has 0 bridgehead atoms. The van der Waals surface area contributed by atoms with E-state index in [4.69, 9.17) is 21.1 Å². The van der Waals surface area contributed by atoms with E-state index in [1.54, 1.807) is 32.5 Å². The second-order valence-corrected chi connectivity index (χ2v) is 7.11. The SMILES string of the molecule is CCOC(=O)c1ccc(-c2cc3c(Cl)nc[n+](Cc4ccc(OC)cc4)c3[nH]2)cc1. The molecule has 2 aromatic heterocycles. The van der Waals surface area contributed by atoms with Gasteiger partial charge in [0.2, 0.25) is 17.1 Å². The van der Waals surface area contributed by atoms with Crippen LogP contribution in [0.15, 0.2) is 60.9 Å². The van der Waals surface area contributed by atoms with Crippen molar-refractivity contribution >= 4 is 28.6 Å². The number of carbonyl (C=O) groups excluding carboxylic acids is 1. The number of ether oxygens (including phenoxy) is 2. The summed E-state index contributed by atoms with van der Waals surface area (Å²) in [4.78, 5) is 19.6. The summed E-state index contributed by atoms with van der Waals surface area (Å²) < 4.78 is 12.3. The van der Waals surface area contributed by atoms with E-state index < -0.39 is 0 Å². The van der Waals surface area contributed by atoms with Gasteiger partial charge in [-0.25, -0.2) is 9.36 Å². The number of halogens is 1. The first kappa shape index (κ1) is 19.9. The summed E-state index contributed by atoms with van der Waals surface area (Å²) in [6.07, 6.45) is 1.72. The molecule has 0 unspecified atom stereocenters. The van der Waals surface area contributed by atoms with E-state index in [1.165, 1.54) is 0 Å². The second-order valence-electron chi connectivity index (χ2n) is 6.75.